The van der Waals surface area contributed by atoms with E-state index in [4.69, 9.17) is 9.47 Å². The molecule has 1 aliphatic rings. The van der Waals surface area contributed by atoms with Crippen LogP contribution in [0, 0.1) is 11.6 Å². The first-order valence-corrected chi connectivity index (χ1v) is 6.56. The fraction of sp³-hybridized carbons (Fsp3) is 0.250. The number of ether oxygens (including phenoxy) is 2. The Morgan fingerprint density at radius 2 is 1.90 bits per heavy atom. The topological polar surface area (TPSA) is 38.7 Å². The molecule has 0 aliphatic carbocycles. The van der Waals surface area contributed by atoms with Gasteiger partial charge in [0.2, 0.25) is 0 Å². The quantitative estimate of drug-likeness (QED) is 0.920. The highest BCUT2D eigenvalue weighted by atomic mass is 19.1. The van der Waals surface area contributed by atoms with Gasteiger partial charge in [-0.15, -0.1) is 0 Å². The lowest BCUT2D eigenvalue weighted by Crippen LogP contribution is -2.21. The largest absolute Gasteiger partial charge is 0.497 e. The Balaban J connectivity index is 1.99. The zero-order chi connectivity index (χ0) is 15.0. The summed E-state index contributed by atoms with van der Waals surface area (Å²) >= 11 is 0. The molecule has 5 heteroatoms. The molecule has 0 saturated carbocycles. The van der Waals surface area contributed by atoms with Gasteiger partial charge in [-0.1, -0.05) is 6.07 Å². The van der Waals surface area contributed by atoms with E-state index in [2.05, 4.69) is 0 Å². The van der Waals surface area contributed by atoms with Gasteiger partial charge in [-0.3, -0.25) is 0 Å². The average Bonchev–Trinajstić information content (AvgIpc) is 2.47. The smallest absolute Gasteiger partial charge is 0.133 e. The molecule has 0 amide bonds. The van der Waals surface area contributed by atoms with Crippen molar-refractivity contribution in [3.8, 4) is 11.5 Å². The second-order valence-corrected chi connectivity index (χ2v) is 4.90. The zero-order valence-corrected chi connectivity index (χ0v) is 11.3. The summed E-state index contributed by atoms with van der Waals surface area (Å²) in [5.41, 5.74) is 0.403. The van der Waals surface area contributed by atoms with Crippen molar-refractivity contribution in [2.75, 3.05) is 7.11 Å². The molecule has 0 fully saturated rings. The van der Waals surface area contributed by atoms with Crippen LogP contribution in [-0.4, -0.2) is 12.2 Å². The van der Waals surface area contributed by atoms with Crippen molar-refractivity contribution >= 4 is 0 Å². The fourth-order valence-corrected chi connectivity index (χ4v) is 2.55. The fourth-order valence-electron chi connectivity index (χ4n) is 2.55. The number of aliphatic hydroxyl groups is 1. The van der Waals surface area contributed by atoms with Crippen molar-refractivity contribution in [1.29, 1.82) is 0 Å². The Bertz CT molecular complexity index is 652. The minimum absolute atomic E-state index is 0.0814. The molecule has 1 heterocycles. The third-order valence-electron chi connectivity index (χ3n) is 3.60. The molecule has 1 unspecified atom stereocenters. The predicted octanol–water partition coefficient (Wildman–Crippen LogP) is 3.53. The number of halogens is 2. The highest BCUT2D eigenvalue weighted by Gasteiger charge is 2.31. The molecule has 2 aromatic carbocycles. The Labute approximate surface area is 120 Å². The molecule has 0 radical (unpaired) electrons. The van der Waals surface area contributed by atoms with Crippen LogP contribution in [0.2, 0.25) is 0 Å². The van der Waals surface area contributed by atoms with E-state index >= 15 is 0 Å². The number of benzene rings is 2. The maximum absolute atomic E-state index is 13.8. The van der Waals surface area contributed by atoms with Crippen LogP contribution < -0.4 is 9.47 Å². The van der Waals surface area contributed by atoms with E-state index in [0.717, 1.165) is 0 Å². The van der Waals surface area contributed by atoms with E-state index in [-0.39, 0.29) is 12.0 Å². The van der Waals surface area contributed by atoms with Gasteiger partial charge in [-0.25, -0.2) is 8.78 Å². The van der Waals surface area contributed by atoms with Crippen molar-refractivity contribution in [3.05, 3.63) is 59.2 Å². The van der Waals surface area contributed by atoms with Gasteiger partial charge in [0.1, 0.15) is 29.2 Å². The Morgan fingerprint density at radius 3 is 2.57 bits per heavy atom. The summed E-state index contributed by atoms with van der Waals surface area (Å²) in [4.78, 5) is 0. The van der Waals surface area contributed by atoms with Crippen molar-refractivity contribution in [3.63, 3.8) is 0 Å². The van der Waals surface area contributed by atoms with E-state index in [0.29, 0.717) is 17.1 Å². The maximum Gasteiger partial charge on any atom is 0.133 e. The Hall–Kier alpha value is -2.14. The summed E-state index contributed by atoms with van der Waals surface area (Å²) in [6.45, 7) is 0. The van der Waals surface area contributed by atoms with Crippen LogP contribution in [0.25, 0.3) is 0 Å². The lowest BCUT2D eigenvalue weighted by atomic mass is 9.94. The summed E-state index contributed by atoms with van der Waals surface area (Å²) < 4.78 is 38.4. The average molecular weight is 292 g/mol. The Morgan fingerprint density at radius 1 is 1.19 bits per heavy atom. The summed E-state index contributed by atoms with van der Waals surface area (Å²) in [5, 5.41) is 10.2. The standard InChI is InChI=1S/C16H14F2O3/c1-20-9-5-6-14-10(7-9)13(19)8-15(21-14)16-11(17)3-2-4-12(16)18/h2-7,13,15,19H,8H2,1H3/t13-,15?/m1/s1. The number of methoxy groups -OCH3 is 1. The molecule has 3 rings (SSSR count). The molecule has 1 N–H and O–H groups in total. The molecule has 0 aromatic heterocycles. The summed E-state index contributed by atoms with van der Waals surface area (Å²) in [6.07, 6.45) is -1.65. The van der Waals surface area contributed by atoms with Gasteiger partial charge in [0, 0.05) is 12.0 Å². The Kier molecular flexibility index (Phi) is 3.51. The highest BCUT2D eigenvalue weighted by molar-refractivity contribution is 5.44. The van der Waals surface area contributed by atoms with Crippen molar-refractivity contribution in [2.24, 2.45) is 0 Å². The number of aliphatic hydroxyl groups excluding tert-OH is 1. The number of hydrogen-bond donors (Lipinski definition) is 1. The molecular formula is C16H14F2O3. The molecule has 2 aromatic rings. The van der Waals surface area contributed by atoms with E-state index in [1.807, 2.05) is 0 Å². The van der Waals surface area contributed by atoms with Crippen LogP contribution in [-0.2, 0) is 0 Å². The second-order valence-electron chi connectivity index (χ2n) is 4.90. The van der Waals surface area contributed by atoms with Crippen LogP contribution in [0.5, 0.6) is 11.5 Å². The van der Waals surface area contributed by atoms with Gasteiger partial charge < -0.3 is 14.6 Å². The molecule has 1 aliphatic heterocycles. The van der Waals surface area contributed by atoms with Crippen molar-refractivity contribution in [1.82, 2.24) is 0 Å². The molecule has 0 bridgehead atoms. The van der Waals surface area contributed by atoms with Gasteiger partial charge >= 0.3 is 0 Å². The first-order chi connectivity index (χ1) is 10.1. The minimum Gasteiger partial charge on any atom is -0.497 e. The molecular weight excluding hydrogens is 278 g/mol. The summed E-state index contributed by atoms with van der Waals surface area (Å²) in [7, 11) is 1.52. The normalized spacial score (nSPS) is 20.6. The van der Waals surface area contributed by atoms with Crippen LogP contribution >= 0.6 is 0 Å². The number of hydrogen-bond acceptors (Lipinski definition) is 3. The van der Waals surface area contributed by atoms with E-state index in [1.54, 1.807) is 18.2 Å². The number of rotatable bonds is 2. The number of fused-ring (bicyclic) bond motifs is 1. The second kappa shape index (κ2) is 5.33. The third kappa shape index (κ3) is 2.45. The van der Waals surface area contributed by atoms with Crippen molar-refractivity contribution < 1.29 is 23.4 Å². The van der Waals surface area contributed by atoms with E-state index < -0.39 is 23.8 Å². The van der Waals surface area contributed by atoms with Gasteiger partial charge in [0.05, 0.1) is 18.8 Å². The van der Waals surface area contributed by atoms with Crippen molar-refractivity contribution in [2.45, 2.75) is 18.6 Å². The summed E-state index contributed by atoms with van der Waals surface area (Å²) in [6, 6.07) is 8.61. The molecule has 21 heavy (non-hydrogen) atoms. The van der Waals surface area contributed by atoms with Crippen LogP contribution in [0.15, 0.2) is 36.4 Å². The van der Waals surface area contributed by atoms with Gasteiger partial charge in [0.25, 0.3) is 0 Å². The maximum atomic E-state index is 13.8. The lowest BCUT2D eigenvalue weighted by molar-refractivity contribution is 0.0619. The van der Waals surface area contributed by atoms with Gasteiger partial charge in [-0.2, -0.15) is 0 Å². The molecule has 110 valence electrons. The van der Waals surface area contributed by atoms with Crippen LogP contribution in [0.1, 0.15) is 29.8 Å². The molecule has 2 atom stereocenters. The molecule has 0 spiro atoms. The lowest BCUT2D eigenvalue weighted by Gasteiger charge is -2.30. The van der Waals surface area contributed by atoms with Gasteiger partial charge in [0.15, 0.2) is 0 Å². The van der Waals surface area contributed by atoms with Crippen LogP contribution in [0.4, 0.5) is 8.78 Å². The van der Waals surface area contributed by atoms with E-state index in [9.17, 15) is 13.9 Å². The van der Waals surface area contributed by atoms with Crippen LogP contribution in [0.3, 0.4) is 0 Å². The minimum atomic E-state index is -0.868. The monoisotopic (exact) mass is 292 g/mol. The zero-order valence-electron chi connectivity index (χ0n) is 11.3. The highest BCUT2D eigenvalue weighted by Crippen LogP contribution is 2.43. The van der Waals surface area contributed by atoms with E-state index in [1.165, 1.54) is 25.3 Å². The molecule has 3 nitrogen and oxygen atoms in total. The first-order valence-electron chi connectivity index (χ1n) is 6.56. The first kappa shape index (κ1) is 13.8. The summed E-state index contributed by atoms with van der Waals surface area (Å²) in [5.74, 6) is -0.359. The third-order valence-corrected chi connectivity index (χ3v) is 3.60. The SMILES string of the molecule is COc1ccc2c(c1)[C@H](O)CC(c1c(F)cccc1F)O2. The molecule has 0 saturated heterocycles. The van der Waals surface area contributed by atoms with Gasteiger partial charge in [-0.05, 0) is 30.3 Å². The predicted molar refractivity (Wildman–Crippen MR) is 72.3 cm³/mol.